The van der Waals surface area contributed by atoms with Crippen molar-refractivity contribution < 1.29 is 47.0 Å². The Bertz CT molecular complexity index is 1020. The fraction of sp³-hybridized carbons (Fsp3) is 0.429. The first-order valence-corrected chi connectivity index (χ1v) is 11.8. The minimum Gasteiger partial charge on any atom is -0.444 e. The largest absolute Gasteiger partial charge is 0.444 e. The monoisotopic (exact) mass is 534 g/mol. The summed E-state index contributed by atoms with van der Waals surface area (Å²) in [5, 5.41) is 3.00. The van der Waals surface area contributed by atoms with Gasteiger partial charge >= 0.3 is 6.09 Å². The number of rotatable bonds is 5. The Hall–Kier alpha value is -1.98. The summed E-state index contributed by atoms with van der Waals surface area (Å²) in [6.07, 6.45) is 6.96. The van der Waals surface area contributed by atoms with Crippen molar-refractivity contribution in [2.75, 3.05) is 0 Å². The maximum absolute atomic E-state index is 13.7. The van der Waals surface area contributed by atoms with Gasteiger partial charge in [0.2, 0.25) is 0 Å². The zero-order chi connectivity index (χ0) is 23.4. The predicted molar refractivity (Wildman–Crippen MR) is 128 cm³/mol. The van der Waals surface area contributed by atoms with Gasteiger partial charge in [0.15, 0.2) is 5.91 Å². The number of alkyl carbamates (subject to hydrolysis) is 1. The molecule has 2 amide bonds. The minimum atomic E-state index is -0.511. The molecule has 34 heavy (non-hydrogen) atoms. The number of carbonyl (C=O) groups is 2. The van der Waals surface area contributed by atoms with Gasteiger partial charge < -0.3 is 19.7 Å². The first-order valence-electron chi connectivity index (χ1n) is 11.8. The number of ether oxygens (including phenoxy) is 1. The zero-order valence-corrected chi connectivity index (χ0v) is 23.2. The van der Waals surface area contributed by atoms with Gasteiger partial charge in [0.05, 0.1) is 0 Å². The SMILES string of the molecule is CC(C)(C)OC(=O)NC1CCC(N(Cc2ccccc2)C(=O)C2=[C-]c3ccccc3C2)CC1.[Y]. The Morgan fingerprint density at radius 3 is 2.29 bits per heavy atom. The molecule has 4 rings (SSSR count). The van der Waals surface area contributed by atoms with Crippen LogP contribution in [0.3, 0.4) is 0 Å². The maximum atomic E-state index is 13.7. The summed E-state index contributed by atoms with van der Waals surface area (Å²) >= 11 is 0. The van der Waals surface area contributed by atoms with E-state index in [1.807, 2.05) is 62.1 Å². The van der Waals surface area contributed by atoms with Crippen LogP contribution in [0.2, 0.25) is 0 Å². The Kier molecular flexibility index (Phi) is 9.11. The van der Waals surface area contributed by atoms with E-state index in [9.17, 15) is 9.59 Å². The van der Waals surface area contributed by atoms with Crippen LogP contribution in [0.25, 0.3) is 0 Å². The second-order valence-corrected chi connectivity index (χ2v) is 10.0. The quantitative estimate of drug-likeness (QED) is 0.538. The van der Waals surface area contributed by atoms with Crippen LogP contribution in [0, 0.1) is 6.08 Å². The first-order chi connectivity index (χ1) is 15.8. The van der Waals surface area contributed by atoms with Crippen LogP contribution in [0.5, 0.6) is 0 Å². The maximum Gasteiger partial charge on any atom is 0.407 e. The Morgan fingerprint density at radius 1 is 1.00 bits per heavy atom. The van der Waals surface area contributed by atoms with Crippen LogP contribution in [-0.4, -0.2) is 34.6 Å². The smallest absolute Gasteiger partial charge is 0.407 e. The van der Waals surface area contributed by atoms with Crippen molar-refractivity contribution in [1.29, 1.82) is 0 Å². The van der Waals surface area contributed by atoms with Gasteiger partial charge in [-0.25, -0.2) is 4.79 Å². The zero-order valence-electron chi connectivity index (χ0n) is 20.3. The van der Waals surface area contributed by atoms with E-state index in [-0.39, 0.29) is 56.8 Å². The molecule has 0 unspecified atom stereocenters. The molecule has 2 aliphatic carbocycles. The summed E-state index contributed by atoms with van der Waals surface area (Å²) in [6.45, 7) is 6.17. The van der Waals surface area contributed by atoms with Crippen molar-refractivity contribution in [3.8, 4) is 0 Å². The number of hydrogen-bond donors (Lipinski definition) is 1. The summed E-state index contributed by atoms with van der Waals surface area (Å²) in [7, 11) is 0. The summed E-state index contributed by atoms with van der Waals surface area (Å²) < 4.78 is 5.40. The average Bonchev–Trinajstić information content (AvgIpc) is 3.21. The van der Waals surface area contributed by atoms with E-state index < -0.39 is 5.60 Å². The molecule has 2 aromatic carbocycles. The molecule has 0 heterocycles. The fourth-order valence-electron chi connectivity index (χ4n) is 4.65. The first kappa shape index (κ1) is 26.6. The van der Waals surface area contributed by atoms with Crippen LogP contribution < -0.4 is 5.32 Å². The third-order valence-electron chi connectivity index (χ3n) is 6.24. The molecule has 0 bridgehead atoms. The molecule has 1 radical (unpaired) electrons. The number of hydrogen-bond acceptors (Lipinski definition) is 3. The van der Waals surface area contributed by atoms with Crippen LogP contribution in [0.1, 0.15) is 63.1 Å². The Balaban J connectivity index is 0.00000324. The molecule has 0 aliphatic heterocycles. The summed E-state index contributed by atoms with van der Waals surface area (Å²) in [4.78, 5) is 27.9. The molecule has 1 saturated carbocycles. The van der Waals surface area contributed by atoms with Gasteiger partial charge in [-0.2, -0.15) is 0 Å². The van der Waals surface area contributed by atoms with E-state index in [0.717, 1.165) is 47.9 Å². The molecular formula is C28H33N2O3Y-. The number of fused-ring (bicyclic) bond motifs is 1. The van der Waals surface area contributed by atoms with E-state index in [4.69, 9.17) is 4.74 Å². The molecule has 0 atom stereocenters. The van der Waals surface area contributed by atoms with Crippen LogP contribution >= 0.6 is 0 Å². The van der Waals surface area contributed by atoms with Crippen molar-refractivity contribution in [1.82, 2.24) is 10.2 Å². The van der Waals surface area contributed by atoms with E-state index in [2.05, 4.69) is 29.6 Å². The normalized spacial score (nSPS) is 19.3. The molecule has 2 aliphatic rings. The average molecular weight is 534 g/mol. The predicted octanol–water partition coefficient (Wildman–Crippen LogP) is 5.18. The topological polar surface area (TPSA) is 58.6 Å². The molecular weight excluding hydrogens is 501 g/mol. The summed E-state index contributed by atoms with van der Waals surface area (Å²) in [6, 6.07) is 18.4. The van der Waals surface area contributed by atoms with E-state index in [0.29, 0.717) is 13.0 Å². The van der Waals surface area contributed by atoms with E-state index >= 15 is 0 Å². The van der Waals surface area contributed by atoms with Crippen LogP contribution in [0.15, 0.2) is 60.2 Å². The number of carbonyl (C=O) groups excluding carboxylic acids is 2. The number of amides is 2. The standard InChI is InChI=1S/C28H33N2O3.Y/c1-28(2,3)33-27(32)29-24-13-15-25(16-14-24)30(19-20-9-5-4-6-10-20)26(31)23-17-21-11-7-8-12-22(21)18-23;/h4-12,24-25H,13-17,19H2,1-3H3,(H,29,32);/q-1;. The molecule has 1 fully saturated rings. The van der Waals surface area contributed by atoms with Crippen molar-refractivity contribution in [2.45, 2.75) is 77.1 Å². The molecule has 177 valence electrons. The van der Waals surface area contributed by atoms with Gasteiger partial charge in [0.25, 0.3) is 0 Å². The Morgan fingerprint density at radius 2 is 1.65 bits per heavy atom. The third kappa shape index (κ3) is 7.02. The minimum absolute atomic E-state index is 0. The number of nitrogens with zero attached hydrogens (tertiary/aromatic N) is 1. The number of benzene rings is 2. The Labute approximate surface area is 228 Å². The third-order valence-corrected chi connectivity index (χ3v) is 6.24. The van der Waals surface area contributed by atoms with Crippen molar-refractivity contribution in [3.63, 3.8) is 0 Å². The molecule has 1 N–H and O–H groups in total. The molecule has 6 heteroatoms. The molecule has 2 aromatic rings. The van der Waals surface area contributed by atoms with Crippen LogP contribution in [0.4, 0.5) is 4.79 Å². The number of nitrogens with one attached hydrogen (secondary N) is 1. The molecule has 0 spiro atoms. The van der Waals surface area contributed by atoms with Gasteiger partial charge in [-0.05, 0) is 58.4 Å². The molecule has 0 aromatic heterocycles. The van der Waals surface area contributed by atoms with Crippen molar-refractivity contribution in [2.24, 2.45) is 0 Å². The molecule has 0 saturated heterocycles. The van der Waals surface area contributed by atoms with Gasteiger partial charge in [-0.1, -0.05) is 42.0 Å². The molecule has 5 nitrogen and oxygen atoms in total. The fourth-order valence-corrected chi connectivity index (χ4v) is 4.65. The van der Waals surface area contributed by atoms with Gasteiger partial charge in [0, 0.05) is 51.3 Å². The summed E-state index contributed by atoms with van der Waals surface area (Å²) in [5.74, 6) is 0.0682. The van der Waals surface area contributed by atoms with Crippen molar-refractivity contribution >= 4 is 12.0 Å². The van der Waals surface area contributed by atoms with E-state index in [1.165, 1.54) is 0 Å². The summed E-state index contributed by atoms with van der Waals surface area (Å²) in [5.41, 5.74) is 3.53. The second-order valence-electron chi connectivity index (χ2n) is 10.0. The van der Waals surface area contributed by atoms with Crippen molar-refractivity contribution in [3.05, 3.63) is 82.9 Å². The second kappa shape index (κ2) is 11.6. The van der Waals surface area contributed by atoms with Gasteiger partial charge in [0.1, 0.15) is 5.60 Å². The van der Waals surface area contributed by atoms with E-state index in [1.54, 1.807) is 0 Å². The van der Waals surface area contributed by atoms with Crippen LogP contribution in [-0.2, 0) is 55.2 Å². The van der Waals surface area contributed by atoms with Gasteiger partial charge in [-0.3, -0.25) is 0 Å². The van der Waals surface area contributed by atoms with Gasteiger partial charge in [-0.15, -0.1) is 35.4 Å².